The number of urea groups is 1. The molecule has 3 rings (SSSR count). The van der Waals surface area contributed by atoms with Gasteiger partial charge in [-0.2, -0.15) is 5.26 Å². The van der Waals surface area contributed by atoms with Gasteiger partial charge in [-0.25, -0.2) is 9.18 Å². The van der Waals surface area contributed by atoms with E-state index in [2.05, 4.69) is 10.6 Å². The highest BCUT2D eigenvalue weighted by Crippen LogP contribution is 2.25. The molecule has 128 valence electrons. The minimum atomic E-state index is -0.463. The first-order chi connectivity index (χ1) is 12.2. The van der Waals surface area contributed by atoms with E-state index in [1.807, 2.05) is 11.0 Å². The van der Waals surface area contributed by atoms with Gasteiger partial charge < -0.3 is 15.5 Å². The summed E-state index contributed by atoms with van der Waals surface area (Å²) >= 11 is 0. The number of hydrogen-bond donors (Lipinski definition) is 2. The van der Waals surface area contributed by atoms with Crippen molar-refractivity contribution in [3.05, 3.63) is 53.8 Å². The lowest BCUT2D eigenvalue weighted by molar-refractivity contribution is 0.262. The number of nitrogens with one attached hydrogen (secondary N) is 2. The molecule has 1 aliphatic rings. The molecule has 1 aliphatic heterocycles. The van der Waals surface area contributed by atoms with Gasteiger partial charge in [-0.15, -0.1) is 0 Å². The fraction of sp³-hybridized carbons (Fsp3) is 0.263. The van der Waals surface area contributed by atoms with Crippen LogP contribution in [0.15, 0.2) is 42.5 Å². The zero-order valence-electron chi connectivity index (χ0n) is 13.8. The number of carbonyl (C=O) groups excluding carboxylic acids is 1. The van der Waals surface area contributed by atoms with Crippen LogP contribution in [-0.4, -0.2) is 19.1 Å². The van der Waals surface area contributed by atoms with Crippen molar-refractivity contribution in [1.29, 1.82) is 5.26 Å². The van der Waals surface area contributed by atoms with E-state index in [0.29, 0.717) is 22.6 Å². The fourth-order valence-corrected chi connectivity index (χ4v) is 2.90. The van der Waals surface area contributed by atoms with Crippen LogP contribution >= 0.6 is 0 Å². The normalized spacial score (nSPS) is 13.8. The molecule has 2 aromatic rings. The molecule has 1 fully saturated rings. The van der Waals surface area contributed by atoms with Crippen LogP contribution in [0.2, 0.25) is 0 Å². The first-order valence-electron chi connectivity index (χ1n) is 8.28. The fourth-order valence-electron chi connectivity index (χ4n) is 2.90. The standard InChI is InChI=1S/C19H19FN4O/c20-17-12-16(8-9-18(17)24-10-2-1-3-11-24)23-19(25)22-15-6-4-14(13-21)5-7-15/h4-9,12H,1-3,10-11H2,(H2,22,23,25). The molecule has 0 spiro atoms. The van der Waals surface area contributed by atoms with Crippen molar-refractivity contribution in [3.8, 4) is 6.07 Å². The molecule has 25 heavy (non-hydrogen) atoms. The average Bonchev–Trinajstić information content (AvgIpc) is 2.63. The molecule has 2 aromatic carbocycles. The van der Waals surface area contributed by atoms with Gasteiger partial charge in [-0.3, -0.25) is 0 Å². The minimum Gasteiger partial charge on any atom is -0.369 e. The Labute approximate surface area is 146 Å². The number of anilines is 3. The Hall–Kier alpha value is -3.07. The lowest BCUT2D eigenvalue weighted by Crippen LogP contribution is -2.30. The maximum Gasteiger partial charge on any atom is 0.323 e. The summed E-state index contributed by atoms with van der Waals surface area (Å²) in [6, 6.07) is 12.8. The summed E-state index contributed by atoms with van der Waals surface area (Å²) in [6.07, 6.45) is 3.34. The molecule has 0 bridgehead atoms. The largest absolute Gasteiger partial charge is 0.369 e. The zero-order chi connectivity index (χ0) is 17.6. The molecule has 0 atom stereocenters. The monoisotopic (exact) mass is 338 g/mol. The zero-order valence-corrected chi connectivity index (χ0v) is 13.8. The molecule has 6 heteroatoms. The number of benzene rings is 2. The highest BCUT2D eigenvalue weighted by atomic mass is 19.1. The minimum absolute atomic E-state index is 0.335. The van der Waals surface area contributed by atoms with Crippen LogP contribution in [0.25, 0.3) is 0 Å². The molecule has 0 saturated carbocycles. The summed E-state index contributed by atoms with van der Waals surface area (Å²) in [5, 5.41) is 14.0. The van der Waals surface area contributed by atoms with Gasteiger partial charge in [0, 0.05) is 24.5 Å². The number of rotatable bonds is 3. The second kappa shape index (κ2) is 7.67. The number of piperidine rings is 1. The van der Waals surface area contributed by atoms with Crippen molar-refractivity contribution in [1.82, 2.24) is 0 Å². The van der Waals surface area contributed by atoms with Crippen LogP contribution in [0.4, 0.5) is 26.2 Å². The Kier molecular flexibility index (Phi) is 5.14. The molecule has 0 radical (unpaired) electrons. The summed E-state index contributed by atoms with van der Waals surface area (Å²) in [7, 11) is 0. The Morgan fingerprint density at radius 2 is 1.64 bits per heavy atom. The molecule has 5 nitrogen and oxygen atoms in total. The number of carbonyl (C=O) groups is 1. The van der Waals surface area contributed by atoms with Crippen LogP contribution in [0, 0.1) is 17.1 Å². The highest BCUT2D eigenvalue weighted by Gasteiger charge is 2.15. The van der Waals surface area contributed by atoms with Gasteiger partial charge in [0.05, 0.1) is 17.3 Å². The van der Waals surface area contributed by atoms with E-state index in [1.54, 1.807) is 36.4 Å². The second-order valence-corrected chi connectivity index (χ2v) is 5.98. The Morgan fingerprint density at radius 1 is 1.00 bits per heavy atom. The predicted molar refractivity (Wildman–Crippen MR) is 96.3 cm³/mol. The maximum atomic E-state index is 14.4. The lowest BCUT2D eigenvalue weighted by atomic mass is 10.1. The summed E-state index contributed by atoms with van der Waals surface area (Å²) in [5.74, 6) is -0.335. The van der Waals surface area contributed by atoms with Gasteiger partial charge in [0.25, 0.3) is 0 Å². The van der Waals surface area contributed by atoms with E-state index in [9.17, 15) is 9.18 Å². The van der Waals surface area contributed by atoms with E-state index < -0.39 is 6.03 Å². The lowest BCUT2D eigenvalue weighted by Gasteiger charge is -2.29. The molecule has 2 amide bonds. The summed E-state index contributed by atoms with van der Waals surface area (Å²) in [4.78, 5) is 14.1. The number of nitrogens with zero attached hydrogens (tertiary/aromatic N) is 2. The molecule has 2 N–H and O–H groups in total. The van der Waals surface area contributed by atoms with Crippen molar-refractivity contribution in [2.75, 3.05) is 28.6 Å². The summed E-state index contributed by atoms with van der Waals surface area (Å²) in [6.45, 7) is 1.73. The van der Waals surface area contributed by atoms with Crippen molar-refractivity contribution in [2.45, 2.75) is 19.3 Å². The summed E-state index contributed by atoms with van der Waals surface area (Å²) < 4.78 is 14.4. The quantitative estimate of drug-likeness (QED) is 0.875. The smallest absolute Gasteiger partial charge is 0.323 e. The molecular weight excluding hydrogens is 319 g/mol. The van der Waals surface area contributed by atoms with Crippen LogP contribution in [0.5, 0.6) is 0 Å². The third-order valence-electron chi connectivity index (χ3n) is 4.17. The van der Waals surface area contributed by atoms with E-state index in [1.165, 1.54) is 12.5 Å². The molecule has 0 aliphatic carbocycles. The van der Waals surface area contributed by atoms with Gasteiger partial charge in [0.2, 0.25) is 0 Å². The highest BCUT2D eigenvalue weighted by molar-refractivity contribution is 5.99. The number of halogens is 1. The van der Waals surface area contributed by atoms with Crippen molar-refractivity contribution >= 4 is 23.1 Å². The molecule has 0 unspecified atom stereocenters. The molecule has 1 heterocycles. The van der Waals surface area contributed by atoms with Crippen LogP contribution in [-0.2, 0) is 0 Å². The van der Waals surface area contributed by atoms with Gasteiger partial charge in [0.15, 0.2) is 0 Å². The van der Waals surface area contributed by atoms with E-state index in [0.717, 1.165) is 25.9 Å². The van der Waals surface area contributed by atoms with E-state index >= 15 is 0 Å². The van der Waals surface area contributed by atoms with Gasteiger partial charge in [-0.1, -0.05) is 0 Å². The van der Waals surface area contributed by atoms with Crippen molar-refractivity contribution in [3.63, 3.8) is 0 Å². The topological polar surface area (TPSA) is 68.2 Å². The molecule has 0 aromatic heterocycles. The number of hydrogen-bond acceptors (Lipinski definition) is 3. The van der Waals surface area contributed by atoms with Crippen molar-refractivity contribution in [2.24, 2.45) is 0 Å². The SMILES string of the molecule is N#Cc1ccc(NC(=O)Nc2ccc(N3CCCCC3)c(F)c2)cc1. The van der Waals surface area contributed by atoms with Gasteiger partial charge >= 0.3 is 6.03 Å². The van der Waals surface area contributed by atoms with E-state index in [4.69, 9.17) is 5.26 Å². The molecular formula is C19H19FN4O. The predicted octanol–water partition coefficient (Wildman–Crippen LogP) is 4.33. The third-order valence-corrected chi connectivity index (χ3v) is 4.17. The van der Waals surface area contributed by atoms with Crippen molar-refractivity contribution < 1.29 is 9.18 Å². The van der Waals surface area contributed by atoms with Crippen LogP contribution < -0.4 is 15.5 Å². The second-order valence-electron chi connectivity index (χ2n) is 5.98. The van der Waals surface area contributed by atoms with Gasteiger partial charge in [0.1, 0.15) is 5.82 Å². The van der Waals surface area contributed by atoms with E-state index in [-0.39, 0.29) is 5.82 Å². The Morgan fingerprint density at radius 3 is 2.28 bits per heavy atom. The first-order valence-corrected chi connectivity index (χ1v) is 8.28. The van der Waals surface area contributed by atoms with Crippen LogP contribution in [0.3, 0.4) is 0 Å². The Balaban J connectivity index is 1.62. The summed E-state index contributed by atoms with van der Waals surface area (Å²) in [5.41, 5.74) is 2.05. The van der Waals surface area contributed by atoms with Gasteiger partial charge in [-0.05, 0) is 61.7 Å². The van der Waals surface area contributed by atoms with Crippen LogP contribution in [0.1, 0.15) is 24.8 Å². The Bertz CT molecular complexity index is 792. The third kappa shape index (κ3) is 4.27. The first kappa shape index (κ1) is 16.8. The number of amides is 2. The molecule has 1 saturated heterocycles. The maximum absolute atomic E-state index is 14.4. The average molecular weight is 338 g/mol. The number of nitriles is 1.